The molecule has 1 N–H and O–H groups in total. The largest absolute Gasteiger partial charge is 0.477 e. The third kappa shape index (κ3) is 5.79. The zero-order chi connectivity index (χ0) is 30.3. The van der Waals surface area contributed by atoms with E-state index in [0.29, 0.717) is 29.1 Å². The molecule has 8 nitrogen and oxygen atoms in total. The molecule has 2 aromatic carbocycles. The van der Waals surface area contributed by atoms with E-state index in [2.05, 4.69) is 26.9 Å². The lowest BCUT2D eigenvalue weighted by Gasteiger charge is -2.16. The van der Waals surface area contributed by atoms with Gasteiger partial charge in [-0.2, -0.15) is 4.98 Å². The minimum Gasteiger partial charge on any atom is -0.477 e. The number of ether oxygens (including phenoxy) is 1. The summed E-state index contributed by atoms with van der Waals surface area (Å²) in [5, 5.41) is 9.46. The summed E-state index contributed by atoms with van der Waals surface area (Å²) < 4.78 is 52.5. The molecule has 43 heavy (non-hydrogen) atoms. The first kappa shape index (κ1) is 28.3. The number of carbonyl (C=O) groups is 1. The number of fused-ring (bicyclic) bond motifs is 1. The molecule has 0 bridgehead atoms. The maximum atomic E-state index is 15.5. The molecule has 0 saturated heterocycles. The van der Waals surface area contributed by atoms with E-state index in [-0.39, 0.29) is 47.0 Å². The molecule has 220 valence electrons. The monoisotopic (exact) mass is 587 g/mol. The number of aryl methyl sites for hydroxylation is 1. The molecule has 5 aromatic rings. The summed E-state index contributed by atoms with van der Waals surface area (Å²) in [6.07, 6.45) is 4.29. The van der Waals surface area contributed by atoms with Crippen LogP contribution in [0.15, 0.2) is 54.7 Å². The summed E-state index contributed by atoms with van der Waals surface area (Å²) >= 11 is 0. The Balaban J connectivity index is 1.28. The number of nitrogens with zero attached hydrogens (tertiary/aromatic N) is 5. The van der Waals surface area contributed by atoms with Crippen LogP contribution in [-0.4, -0.2) is 35.6 Å². The summed E-state index contributed by atoms with van der Waals surface area (Å²) in [6.45, 7) is 4.30. The zero-order valence-electron chi connectivity index (χ0n) is 23.6. The average molecular weight is 588 g/mol. The molecule has 0 radical (unpaired) electrons. The topological polar surface area (TPSA) is 103 Å². The molecule has 1 aliphatic carbocycles. The van der Waals surface area contributed by atoms with Gasteiger partial charge in [0.25, 0.3) is 0 Å². The highest BCUT2D eigenvalue weighted by Crippen LogP contribution is 2.50. The first-order valence-electron chi connectivity index (χ1n) is 13.9. The number of rotatable bonds is 10. The quantitative estimate of drug-likeness (QED) is 0.195. The van der Waals surface area contributed by atoms with Crippen LogP contribution in [0, 0.1) is 29.8 Å². The minimum atomic E-state index is -1.16. The lowest BCUT2D eigenvalue weighted by molar-refractivity contribution is 0.0691. The molecule has 0 aliphatic heterocycles. The maximum absolute atomic E-state index is 15.5. The van der Waals surface area contributed by atoms with Gasteiger partial charge >= 0.3 is 12.0 Å². The lowest BCUT2D eigenvalue weighted by atomic mass is 10.0. The summed E-state index contributed by atoms with van der Waals surface area (Å²) in [6, 6.07) is 11.2. The number of imidazole rings is 1. The highest BCUT2D eigenvalue weighted by Gasteiger charge is 2.41. The highest BCUT2D eigenvalue weighted by molar-refractivity contribution is 5.88. The van der Waals surface area contributed by atoms with Crippen molar-refractivity contribution in [2.24, 2.45) is 5.41 Å². The van der Waals surface area contributed by atoms with Gasteiger partial charge in [-0.1, -0.05) is 19.1 Å². The summed E-state index contributed by atoms with van der Waals surface area (Å²) in [4.78, 5) is 28.7. The van der Waals surface area contributed by atoms with E-state index in [9.17, 15) is 14.3 Å². The van der Waals surface area contributed by atoms with Gasteiger partial charge in [0.15, 0.2) is 11.3 Å². The molecule has 0 unspecified atom stereocenters. The second-order valence-electron chi connectivity index (χ2n) is 11.0. The van der Waals surface area contributed by atoms with Crippen molar-refractivity contribution < 1.29 is 27.8 Å². The Labute approximate surface area is 245 Å². The predicted octanol–water partition coefficient (Wildman–Crippen LogP) is 6.67. The summed E-state index contributed by atoms with van der Waals surface area (Å²) in [5.74, 6) is -2.47. The van der Waals surface area contributed by atoms with E-state index in [0.717, 1.165) is 37.0 Å². The van der Waals surface area contributed by atoms with Gasteiger partial charge in [0.2, 0.25) is 0 Å². The van der Waals surface area contributed by atoms with Gasteiger partial charge in [0, 0.05) is 30.3 Å². The Morgan fingerprint density at radius 1 is 0.977 bits per heavy atom. The zero-order valence-corrected chi connectivity index (χ0v) is 23.6. The smallest absolute Gasteiger partial charge is 0.354 e. The Hall–Kier alpha value is -4.80. The van der Waals surface area contributed by atoms with E-state index >= 15 is 8.78 Å². The molecule has 0 spiro atoms. The van der Waals surface area contributed by atoms with Gasteiger partial charge in [-0.3, -0.25) is 0 Å². The van der Waals surface area contributed by atoms with Crippen LogP contribution in [0.3, 0.4) is 0 Å². The van der Waals surface area contributed by atoms with Gasteiger partial charge in [0.1, 0.15) is 35.4 Å². The standard InChI is InChI=1S/C32H28F3N5O3/c1-3-32(9-10-32)17-40-28(37-26-6-7-27(30(41)42)38-29(26)40)14-20-13-24(35)21(15-23(20)34)25-8-11-36-31(39-25)43-16-19-5-4-18(2)12-22(19)33/h4-8,11-13,15H,3,9-10,14,16-17H2,1-2H3,(H,41,42). The van der Waals surface area contributed by atoms with Gasteiger partial charge < -0.3 is 14.4 Å². The first-order chi connectivity index (χ1) is 20.6. The Kier molecular flexibility index (Phi) is 7.33. The van der Waals surface area contributed by atoms with Gasteiger partial charge in [-0.05, 0) is 79.1 Å². The number of pyridine rings is 1. The fraction of sp³-hybridized carbons (Fsp3) is 0.281. The van der Waals surface area contributed by atoms with E-state index in [1.165, 1.54) is 24.4 Å². The van der Waals surface area contributed by atoms with Crippen LogP contribution in [-0.2, 0) is 19.6 Å². The summed E-state index contributed by atoms with van der Waals surface area (Å²) in [5.41, 5.74) is 2.03. The third-order valence-corrected chi connectivity index (χ3v) is 8.05. The van der Waals surface area contributed by atoms with Gasteiger partial charge in [-0.15, -0.1) is 0 Å². The van der Waals surface area contributed by atoms with Crippen molar-refractivity contribution in [3.63, 3.8) is 0 Å². The molecular formula is C32H28F3N5O3. The van der Waals surface area contributed by atoms with Crippen LogP contribution in [0.1, 0.15) is 59.2 Å². The number of hydrogen-bond donors (Lipinski definition) is 1. The number of carboxylic acid groups (broad SMARTS) is 1. The lowest BCUT2D eigenvalue weighted by Crippen LogP contribution is -2.15. The minimum absolute atomic E-state index is 0.0260. The number of hydrogen-bond acceptors (Lipinski definition) is 6. The predicted molar refractivity (Wildman–Crippen MR) is 152 cm³/mol. The van der Waals surface area contributed by atoms with Crippen LogP contribution in [0.2, 0.25) is 0 Å². The fourth-order valence-corrected chi connectivity index (χ4v) is 5.17. The Morgan fingerprint density at radius 3 is 2.49 bits per heavy atom. The number of halogens is 3. The molecule has 3 aromatic heterocycles. The molecule has 6 rings (SSSR count). The van der Waals surface area contributed by atoms with Crippen LogP contribution >= 0.6 is 0 Å². The second kappa shape index (κ2) is 11.1. The van der Waals surface area contributed by atoms with Crippen LogP contribution in [0.25, 0.3) is 22.4 Å². The third-order valence-electron chi connectivity index (χ3n) is 8.05. The van der Waals surface area contributed by atoms with Crippen LogP contribution in [0.5, 0.6) is 6.01 Å². The van der Waals surface area contributed by atoms with E-state index in [1.54, 1.807) is 25.1 Å². The normalized spacial score (nSPS) is 13.8. The van der Waals surface area contributed by atoms with Crippen LogP contribution in [0.4, 0.5) is 13.2 Å². The SMILES string of the molecule is CCC1(Cn2c(Cc3cc(F)c(-c4ccnc(OCc5ccc(C)cc5F)n4)cc3F)nc3ccc(C(=O)O)nc32)CC1. The molecule has 0 amide bonds. The van der Waals surface area contributed by atoms with Gasteiger partial charge in [-0.25, -0.2) is 32.9 Å². The molecule has 3 heterocycles. The number of aromatic carboxylic acids is 1. The fourth-order valence-electron chi connectivity index (χ4n) is 5.17. The van der Waals surface area contributed by atoms with Crippen molar-refractivity contribution in [3.05, 3.63) is 100 Å². The molecule has 1 saturated carbocycles. The highest BCUT2D eigenvalue weighted by atomic mass is 19.1. The molecule has 11 heteroatoms. The van der Waals surface area contributed by atoms with Crippen molar-refractivity contribution in [3.8, 4) is 17.3 Å². The second-order valence-corrected chi connectivity index (χ2v) is 11.0. The van der Waals surface area contributed by atoms with Crippen molar-refractivity contribution in [1.29, 1.82) is 0 Å². The van der Waals surface area contributed by atoms with Crippen molar-refractivity contribution in [2.75, 3.05) is 0 Å². The molecule has 1 fully saturated rings. The van der Waals surface area contributed by atoms with Gasteiger partial charge in [0.05, 0.1) is 5.69 Å². The Morgan fingerprint density at radius 2 is 1.77 bits per heavy atom. The molecular weight excluding hydrogens is 559 g/mol. The van der Waals surface area contributed by atoms with E-state index in [1.807, 2.05) is 4.57 Å². The van der Waals surface area contributed by atoms with Crippen molar-refractivity contribution in [2.45, 2.75) is 52.7 Å². The molecule has 1 aliphatic rings. The number of aromatic nitrogens is 5. The number of benzene rings is 2. The van der Waals surface area contributed by atoms with Crippen molar-refractivity contribution >= 4 is 17.1 Å². The maximum Gasteiger partial charge on any atom is 0.354 e. The van der Waals surface area contributed by atoms with Crippen LogP contribution < -0.4 is 4.74 Å². The van der Waals surface area contributed by atoms with E-state index < -0.39 is 23.4 Å². The molecule has 0 atom stereocenters. The Bertz CT molecular complexity index is 1870. The van der Waals surface area contributed by atoms with E-state index in [4.69, 9.17) is 4.74 Å². The average Bonchev–Trinajstić information content (AvgIpc) is 3.69. The summed E-state index contributed by atoms with van der Waals surface area (Å²) in [7, 11) is 0. The van der Waals surface area contributed by atoms with Crippen molar-refractivity contribution in [1.82, 2.24) is 24.5 Å². The first-order valence-corrected chi connectivity index (χ1v) is 13.9. The number of carboxylic acids is 1.